The van der Waals surface area contributed by atoms with Gasteiger partial charge in [0.1, 0.15) is 5.82 Å². The number of anilines is 1. The molecule has 2 heterocycles. The van der Waals surface area contributed by atoms with Gasteiger partial charge in [0, 0.05) is 17.7 Å². The first-order chi connectivity index (χ1) is 12.0. The molecule has 6 heteroatoms. The fourth-order valence-electron chi connectivity index (χ4n) is 3.61. The Morgan fingerprint density at radius 2 is 2.08 bits per heavy atom. The molecule has 4 nitrogen and oxygen atoms in total. The van der Waals surface area contributed by atoms with Crippen LogP contribution in [-0.4, -0.2) is 17.4 Å². The average Bonchev–Trinajstić information content (AvgIpc) is 2.57. The summed E-state index contributed by atoms with van der Waals surface area (Å²) in [4.78, 5) is 1.91. The molecule has 1 fully saturated rings. The first-order valence-corrected chi connectivity index (χ1v) is 8.73. The molecule has 0 amide bonds. The average molecular weight is 358 g/mol. The van der Waals surface area contributed by atoms with Crippen LogP contribution in [0.3, 0.4) is 0 Å². The van der Waals surface area contributed by atoms with E-state index >= 15 is 0 Å². The van der Waals surface area contributed by atoms with Gasteiger partial charge in [-0.1, -0.05) is 12.1 Å². The molecule has 0 radical (unpaired) electrons. The molecule has 0 unspecified atom stereocenters. The van der Waals surface area contributed by atoms with Crippen molar-refractivity contribution in [3.05, 3.63) is 53.8 Å². The molecule has 2 aromatic rings. The third kappa shape index (κ3) is 2.61. The van der Waals surface area contributed by atoms with Gasteiger partial charge in [-0.3, -0.25) is 4.90 Å². The van der Waals surface area contributed by atoms with Crippen LogP contribution in [0.25, 0.3) is 0 Å². The summed E-state index contributed by atoms with van der Waals surface area (Å²) < 4.78 is 25.5. The molecule has 2 bridgehead atoms. The molecule has 0 saturated carbocycles. The van der Waals surface area contributed by atoms with Crippen molar-refractivity contribution in [2.45, 2.75) is 32.0 Å². The lowest BCUT2D eigenvalue weighted by molar-refractivity contribution is 0.0457. The summed E-state index contributed by atoms with van der Waals surface area (Å²) in [6.07, 6.45) is 0.715. The molecule has 2 aliphatic heterocycles. The second-order valence-corrected chi connectivity index (χ2v) is 6.79. The Labute approximate surface area is 151 Å². The minimum atomic E-state index is -0.676. The highest BCUT2D eigenvalue weighted by molar-refractivity contribution is 7.80. The molecule has 130 valence electrons. The number of fused-ring (bicyclic) bond motifs is 4. The Bertz CT molecular complexity index is 827. The summed E-state index contributed by atoms with van der Waals surface area (Å²) in [6.45, 7) is 4.51. The molecule has 1 saturated heterocycles. The van der Waals surface area contributed by atoms with Crippen molar-refractivity contribution in [2.75, 3.05) is 11.5 Å². The zero-order valence-corrected chi connectivity index (χ0v) is 14.9. The van der Waals surface area contributed by atoms with Crippen LogP contribution in [0.5, 0.6) is 11.5 Å². The minimum Gasteiger partial charge on any atom is -0.490 e. The molecule has 25 heavy (non-hydrogen) atoms. The number of hydrogen-bond donors (Lipinski definition) is 1. The number of ether oxygens (including phenoxy) is 2. The minimum absolute atomic E-state index is 0.0540. The lowest BCUT2D eigenvalue weighted by atomic mass is 9.90. The number of halogens is 1. The molecule has 0 aromatic heterocycles. The van der Waals surface area contributed by atoms with Gasteiger partial charge < -0.3 is 14.8 Å². The quantitative estimate of drug-likeness (QED) is 0.834. The van der Waals surface area contributed by atoms with E-state index in [9.17, 15) is 4.39 Å². The second kappa shape index (κ2) is 5.88. The third-order valence-corrected chi connectivity index (χ3v) is 4.95. The van der Waals surface area contributed by atoms with Crippen molar-refractivity contribution in [1.82, 2.24) is 5.32 Å². The number of nitrogens with zero attached hydrogens (tertiary/aromatic N) is 1. The van der Waals surface area contributed by atoms with E-state index in [-0.39, 0.29) is 11.9 Å². The molecule has 1 N–H and O–H groups in total. The van der Waals surface area contributed by atoms with Gasteiger partial charge in [-0.2, -0.15) is 0 Å². The fourth-order valence-corrected chi connectivity index (χ4v) is 4.05. The highest BCUT2D eigenvalue weighted by atomic mass is 32.1. The first-order valence-electron chi connectivity index (χ1n) is 8.33. The van der Waals surface area contributed by atoms with Crippen LogP contribution in [0, 0.1) is 5.82 Å². The van der Waals surface area contributed by atoms with Gasteiger partial charge in [0.2, 0.25) is 0 Å². The van der Waals surface area contributed by atoms with Gasteiger partial charge in [0.25, 0.3) is 0 Å². The lowest BCUT2D eigenvalue weighted by Gasteiger charge is -2.52. The monoisotopic (exact) mass is 358 g/mol. The zero-order valence-electron chi connectivity index (χ0n) is 14.1. The smallest absolute Gasteiger partial charge is 0.188 e. The Morgan fingerprint density at radius 3 is 2.80 bits per heavy atom. The van der Waals surface area contributed by atoms with Gasteiger partial charge in [0.15, 0.2) is 22.3 Å². The van der Waals surface area contributed by atoms with E-state index in [1.54, 1.807) is 12.1 Å². The normalized spacial score (nSPS) is 24.2. The SMILES string of the molecule is CCOc1cccc2c1O[C@@]1(C)C[C@@H]2NC(=S)N1c1ccc(F)cc1. The number of hydrogen-bond acceptors (Lipinski definition) is 3. The van der Waals surface area contributed by atoms with Crippen LogP contribution in [0.1, 0.15) is 31.9 Å². The van der Waals surface area contributed by atoms with Gasteiger partial charge in [0.05, 0.1) is 12.6 Å². The molecule has 2 atom stereocenters. The number of rotatable bonds is 3. The largest absolute Gasteiger partial charge is 0.490 e. The predicted molar refractivity (Wildman–Crippen MR) is 98.6 cm³/mol. The maximum atomic E-state index is 13.3. The van der Waals surface area contributed by atoms with Crippen molar-refractivity contribution in [3.63, 3.8) is 0 Å². The molecule has 0 aliphatic carbocycles. The van der Waals surface area contributed by atoms with Crippen LogP contribution in [0.4, 0.5) is 10.1 Å². The number of nitrogens with one attached hydrogen (secondary N) is 1. The Morgan fingerprint density at radius 1 is 1.32 bits per heavy atom. The maximum Gasteiger partial charge on any atom is 0.188 e. The first kappa shape index (κ1) is 16.1. The lowest BCUT2D eigenvalue weighted by Crippen LogP contribution is -2.65. The summed E-state index contributed by atoms with van der Waals surface area (Å²) in [7, 11) is 0. The van der Waals surface area contributed by atoms with Gasteiger partial charge in [-0.05, 0) is 56.4 Å². The molecule has 2 aromatic carbocycles. The Hall–Kier alpha value is -2.34. The number of thiocarbonyl (C=S) groups is 1. The summed E-state index contributed by atoms with van der Waals surface area (Å²) >= 11 is 5.59. The van der Waals surface area contributed by atoms with Crippen molar-refractivity contribution in [3.8, 4) is 11.5 Å². The topological polar surface area (TPSA) is 33.7 Å². The van der Waals surface area contributed by atoms with E-state index in [1.165, 1.54) is 12.1 Å². The molecule has 4 rings (SSSR count). The third-order valence-electron chi connectivity index (χ3n) is 4.65. The predicted octanol–water partition coefficient (Wildman–Crippen LogP) is 4.16. The van der Waals surface area contributed by atoms with E-state index < -0.39 is 5.72 Å². The van der Waals surface area contributed by atoms with Crippen molar-refractivity contribution < 1.29 is 13.9 Å². The Balaban J connectivity index is 1.79. The second-order valence-electron chi connectivity index (χ2n) is 6.40. The molecular weight excluding hydrogens is 339 g/mol. The fraction of sp³-hybridized carbons (Fsp3) is 0.316. The van der Waals surface area contributed by atoms with Gasteiger partial charge >= 0.3 is 0 Å². The van der Waals surface area contributed by atoms with Crippen molar-refractivity contribution in [2.24, 2.45) is 0 Å². The summed E-state index contributed by atoms with van der Waals surface area (Å²) in [6, 6.07) is 12.2. The number of para-hydroxylation sites is 1. The highest BCUT2D eigenvalue weighted by Crippen LogP contribution is 2.49. The van der Waals surface area contributed by atoms with E-state index in [4.69, 9.17) is 21.7 Å². The van der Waals surface area contributed by atoms with Gasteiger partial charge in [-0.25, -0.2) is 4.39 Å². The van der Waals surface area contributed by atoms with Crippen LogP contribution in [0.2, 0.25) is 0 Å². The maximum absolute atomic E-state index is 13.3. The number of benzene rings is 2. The summed E-state index contributed by atoms with van der Waals surface area (Å²) in [5.41, 5.74) is 1.16. The molecule has 0 spiro atoms. The zero-order chi connectivity index (χ0) is 17.6. The summed E-state index contributed by atoms with van der Waals surface area (Å²) in [5.74, 6) is 1.19. The summed E-state index contributed by atoms with van der Waals surface area (Å²) in [5, 5.41) is 3.96. The highest BCUT2D eigenvalue weighted by Gasteiger charge is 2.49. The van der Waals surface area contributed by atoms with E-state index in [1.807, 2.05) is 36.9 Å². The van der Waals surface area contributed by atoms with Crippen LogP contribution in [0.15, 0.2) is 42.5 Å². The standard InChI is InChI=1S/C19H19FN2O2S/c1-3-23-16-6-4-5-14-15-11-19(2,24-17(14)16)22(18(25)21-15)13-9-7-12(20)8-10-13/h4-10,15H,3,11H2,1-2H3,(H,21,25)/t15-,19-/m0/s1. The van der Waals surface area contributed by atoms with E-state index in [0.717, 1.165) is 22.7 Å². The van der Waals surface area contributed by atoms with Crippen molar-refractivity contribution >= 4 is 23.0 Å². The molecular formula is C19H19FN2O2S. The van der Waals surface area contributed by atoms with E-state index in [2.05, 4.69) is 5.32 Å². The Kier molecular flexibility index (Phi) is 3.80. The van der Waals surface area contributed by atoms with Crippen molar-refractivity contribution in [1.29, 1.82) is 0 Å². The van der Waals surface area contributed by atoms with Crippen LogP contribution in [-0.2, 0) is 0 Å². The van der Waals surface area contributed by atoms with Crippen LogP contribution >= 0.6 is 12.2 Å². The van der Waals surface area contributed by atoms with Crippen LogP contribution < -0.4 is 19.7 Å². The van der Waals surface area contributed by atoms with E-state index in [0.29, 0.717) is 18.1 Å². The van der Waals surface area contributed by atoms with Gasteiger partial charge in [-0.15, -0.1) is 0 Å². The molecule has 2 aliphatic rings.